The zero-order valence-electron chi connectivity index (χ0n) is 14.6. The fraction of sp³-hybridized carbons (Fsp3) is 0.632. The average molecular weight is 342 g/mol. The zero-order valence-corrected chi connectivity index (χ0v) is 14.6. The number of amides is 2. The van der Waals surface area contributed by atoms with Crippen LogP contribution in [0.5, 0.6) is 0 Å². The number of hydrogen-bond acceptors (Lipinski definition) is 4. The quantitative estimate of drug-likeness (QED) is 0.910. The first-order valence-electron chi connectivity index (χ1n) is 9.51. The number of likely N-dealkylation sites (tertiary alicyclic amines) is 2. The van der Waals surface area contributed by atoms with Crippen molar-refractivity contribution in [1.29, 1.82) is 0 Å². The van der Waals surface area contributed by atoms with Crippen molar-refractivity contribution in [2.45, 2.75) is 44.6 Å². The highest BCUT2D eigenvalue weighted by atomic mass is 16.2. The lowest BCUT2D eigenvalue weighted by Gasteiger charge is -2.33. The summed E-state index contributed by atoms with van der Waals surface area (Å²) in [6, 6.07) is 4.29. The van der Waals surface area contributed by atoms with Gasteiger partial charge in [-0.3, -0.25) is 9.59 Å². The number of anilines is 1. The van der Waals surface area contributed by atoms with Crippen molar-refractivity contribution < 1.29 is 9.59 Å². The number of pyridine rings is 1. The Morgan fingerprint density at radius 1 is 0.960 bits per heavy atom. The van der Waals surface area contributed by atoms with Crippen molar-refractivity contribution >= 4 is 17.6 Å². The number of hydrogen-bond donors (Lipinski definition) is 1. The number of carbonyl (C=O) groups is 2. The maximum absolute atomic E-state index is 12.6. The van der Waals surface area contributed by atoms with Crippen LogP contribution in [0.1, 0.15) is 48.9 Å². The Morgan fingerprint density at radius 3 is 2.28 bits per heavy atom. The predicted octanol–water partition coefficient (Wildman–Crippen LogP) is 2.13. The van der Waals surface area contributed by atoms with E-state index in [1.807, 2.05) is 21.9 Å². The van der Waals surface area contributed by atoms with Gasteiger partial charge in [0.1, 0.15) is 5.82 Å². The molecule has 6 nitrogen and oxygen atoms in total. The molecule has 25 heavy (non-hydrogen) atoms. The van der Waals surface area contributed by atoms with Gasteiger partial charge in [0.15, 0.2) is 0 Å². The molecule has 6 heteroatoms. The summed E-state index contributed by atoms with van der Waals surface area (Å²) in [6.45, 7) is 3.13. The summed E-state index contributed by atoms with van der Waals surface area (Å²) in [6.07, 6.45) is 7.87. The van der Waals surface area contributed by atoms with Crippen molar-refractivity contribution in [3.05, 3.63) is 23.9 Å². The molecule has 1 aromatic heterocycles. The maximum Gasteiger partial charge on any atom is 0.255 e. The molecule has 1 aromatic rings. The Bertz CT molecular complexity index is 627. The lowest BCUT2D eigenvalue weighted by Crippen LogP contribution is -2.43. The molecule has 2 saturated heterocycles. The van der Waals surface area contributed by atoms with Gasteiger partial charge in [-0.05, 0) is 50.7 Å². The molecule has 2 amide bonds. The zero-order chi connectivity index (χ0) is 17.2. The highest BCUT2D eigenvalue weighted by Crippen LogP contribution is 2.25. The summed E-state index contributed by atoms with van der Waals surface area (Å²) in [4.78, 5) is 33.3. The molecule has 134 valence electrons. The molecule has 0 aromatic carbocycles. The number of rotatable bonds is 4. The van der Waals surface area contributed by atoms with E-state index >= 15 is 0 Å². The molecule has 2 aliphatic heterocycles. The van der Waals surface area contributed by atoms with Crippen molar-refractivity contribution in [2.75, 3.05) is 31.5 Å². The van der Waals surface area contributed by atoms with E-state index in [1.54, 1.807) is 6.20 Å². The van der Waals surface area contributed by atoms with Crippen LogP contribution in [0, 0.1) is 5.92 Å². The van der Waals surface area contributed by atoms with Crippen LogP contribution in [0.4, 0.5) is 5.82 Å². The molecule has 1 N–H and O–H groups in total. The predicted molar refractivity (Wildman–Crippen MR) is 95.3 cm³/mol. The summed E-state index contributed by atoms with van der Waals surface area (Å²) in [5.41, 5.74) is 0.630. The maximum atomic E-state index is 12.6. The minimum atomic E-state index is 0.0255. The van der Waals surface area contributed by atoms with Crippen molar-refractivity contribution in [1.82, 2.24) is 14.8 Å². The van der Waals surface area contributed by atoms with E-state index in [0.29, 0.717) is 30.6 Å². The van der Waals surface area contributed by atoms with E-state index in [-0.39, 0.29) is 11.8 Å². The highest BCUT2D eigenvalue weighted by molar-refractivity contribution is 5.94. The van der Waals surface area contributed by atoms with E-state index in [0.717, 1.165) is 44.6 Å². The second-order valence-corrected chi connectivity index (χ2v) is 7.45. The molecule has 3 heterocycles. The Labute approximate surface area is 148 Å². The first kappa shape index (κ1) is 16.4. The SMILES string of the molecule is O=C(c1ccc(NC2CC2)nc1)N1CCC(C(=O)N2CCCC2)CC1. The van der Waals surface area contributed by atoms with Gasteiger partial charge in [0.2, 0.25) is 5.91 Å². The lowest BCUT2D eigenvalue weighted by atomic mass is 9.95. The molecule has 4 rings (SSSR count). The molecule has 0 atom stereocenters. The topological polar surface area (TPSA) is 65.5 Å². The molecular formula is C19H26N4O2. The normalized spacial score (nSPS) is 21.4. The van der Waals surface area contributed by atoms with Crippen molar-refractivity contribution in [2.24, 2.45) is 5.92 Å². The Kier molecular flexibility index (Phi) is 4.59. The van der Waals surface area contributed by atoms with Crippen LogP contribution in [0.25, 0.3) is 0 Å². The van der Waals surface area contributed by atoms with Crippen LogP contribution in [-0.4, -0.2) is 58.8 Å². The second-order valence-electron chi connectivity index (χ2n) is 7.45. The molecule has 0 radical (unpaired) electrons. The Morgan fingerprint density at radius 2 is 1.68 bits per heavy atom. The van der Waals surface area contributed by atoms with E-state index in [9.17, 15) is 9.59 Å². The van der Waals surface area contributed by atoms with Crippen LogP contribution in [0.3, 0.4) is 0 Å². The molecule has 0 unspecified atom stereocenters. The molecule has 3 aliphatic rings. The monoisotopic (exact) mass is 342 g/mol. The third-order valence-electron chi connectivity index (χ3n) is 5.49. The minimum Gasteiger partial charge on any atom is -0.367 e. The molecule has 1 saturated carbocycles. The van der Waals surface area contributed by atoms with Crippen LogP contribution in [0.2, 0.25) is 0 Å². The molecule has 3 fully saturated rings. The summed E-state index contributed by atoms with van der Waals surface area (Å²) in [5.74, 6) is 1.25. The van der Waals surface area contributed by atoms with Crippen molar-refractivity contribution in [3.63, 3.8) is 0 Å². The van der Waals surface area contributed by atoms with Gasteiger partial charge in [-0.15, -0.1) is 0 Å². The third-order valence-corrected chi connectivity index (χ3v) is 5.49. The minimum absolute atomic E-state index is 0.0255. The van der Waals surface area contributed by atoms with Crippen LogP contribution < -0.4 is 5.32 Å². The molecule has 0 spiro atoms. The third kappa shape index (κ3) is 3.78. The van der Waals surface area contributed by atoms with Gasteiger partial charge in [-0.2, -0.15) is 0 Å². The van der Waals surface area contributed by atoms with Gasteiger partial charge in [0, 0.05) is 44.3 Å². The van der Waals surface area contributed by atoms with E-state index in [1.165, 1.54) is 12.8 Å². The first-order valence-corrected chi connectivity index (χ1v) is 9.51. The van der Waals surface area contributed by atoms with Gasteiger partial charge >= 0.3 is 0 Å². The number of aromatic nitrogens is 1. The van der Waals surface area contributed by atoms with Gasteiger partial charge in [0.25, 0.3) is 5.91 Å². The standard InChI is InChI=1S/C19H26N4O2/c24-18(22-9-1-2-10-22)14-7-11-23(12-8-14)19(25)15-3-6-17(20-13-15)21-16-4-5-16/h3,6,13-14,16H,1-2,4-5,7-12H2,(H,20,21). The summed E-state index contributed by atoms with van der Waals surface area (Å²) >= 11 is 0. The number of nitrogens with one attached hydrogen (secondary N) is 1. The van der Waals surface area contributed by atoms with E-state index < -0.39 is 0 Å². The first-order chi connectivity index (χ1) is 12.2. The Hall–Kier alpha value is -2.11. The number of nitrogens with zero attached hydrogens (tertiary/aromatic N) is 3. The second kappa shape index (κ2) is 7.02. The Balaban J connectivity index is 1.30. The van der Waals surface area contributed by atoms with E-state index in [2.05, 4.69) is 10.3 Å². The smallest absolute Gasteiger partial charge is 0.255 e. The summed E-state index contributed by atoms with van der Waals surface area (Å²) < 4.78 is 0. The molecule has 1 aliphatic carbocycles. The largest absolute Gasteiger partial charge is 0.367 e. The average Bonchev–Trinajstić information content (AvgIpc) is 3.30. The number of piperidine rings is 1. The van der Waals surface area contributed by atoms with Gasteiger partial charge < -0.3 is 15.1 Å². The lowest BCUT2D eigenvalue weighted by molar-refractivity contribution is -0.135. The van der Waals surface area contributed by atoms with Gasteiger partial charge in [-0.25, -0.2) is 4.98 Å². The van der Waals surface area contributed by atoms with Crippen molar-refractivity contribution in [3.8, 4) is 0 Å². The molecular weight excluding hydrogens is 316 g/mol. The molecule has 0 bridgehead atoms. The summed E-state index contributed by atoms with van der Waals surface area (Å²) in [5, 5.41) is 3.33. The number of carbonyl (C=O) groups excluding carboxylic acids is 2. The van der Waals surface area contributed by atoms with Gasteiger partial charge in [0.05, 0.1) is 5.56 Å². The fourth-order valence-electron chi connectivity index (χ4n) is 3.75. The van der Waals surface area contributed by atoms with Gasteiger partial charge in [-0.1, -0.05) is 0 Å². The summed E-state index contributed by atoms with van der Waals surface area (Å²) in [7, 11) is 0. The highest BCUT2D eigenvalue weighted by Gasteiger charge is 2.31. The fourth-order valence-corrected chi connectivity index (χ4v) is 3.75. The van der Waals surface area contributed by atoms with E-state index in [4.69, 9.17) is 0 Å². The van der Waals surface area contributed by atoms with Crippen LogP contribution in [-0.2, 0) is 4.79 Å². The van der Waals surface area contributed by atoms with Crippen LogP contribution >= 0.6 is 0 Å². The van der Waals surface area contributed by atoms with Crippen LogP contribution in [0.15, 0.2) is 18.3 Å².